The summed E-state index contributed by atoms with van der Waals surface area (Å²) >= 11 is 0. The summed E-state index contributed by atoms with van der Waals surface area (Å²) in [5, 5.41) is 4.31. The first-order valence-corrected chi connectivity index (χ1v) is 6.27. The van der Waals surface area contributed by atoms with Gasteiger partial charge in [0.05, 0.1) is 11.3 Å². The standard InChI is InChI=1S/C15H17FN2O/c1-10-12(11(2)18(3)17-10)8-9-15(19)13-6-4-5-7-14(13)16/h4-7H,8-9H2,1-3H3. The van der Waals surface area contributed by atoms with Gasteiger partial charge in [-0.15, -0.1) is 0 Å². The molecule has 1 aromatic carbocycles. The maximum absolute atomic E-state index is 13.5. The van der Waals surface area contributed by atoms with Crippen molar-refractivity contribution in [2.24, 2.45) is 7.05 Å². The maximum Gasteiger partial charge on any atom is 0.166 e. The molecule has 0 unspecified atom stereocenters. The molecule has 0 atom stereocenters. The SMILES string of the molecule is Cc1nn(C)c(C)c1CCC(=O)c1ccccc1F. The number of rotatable bonds is 4. The van der Waals surface area contributed by atoms with Crippen LogP contribution >= 0.6 is 0 Å². The maximum atomic E-state index is 13.5. The summed E-state index contributed by atoms with van der Waals surface area (Å²) in [7, 11) is 1.88. The zero-order chi connectivity index (χ0) is 14.0. The molecule has 2 rings (SSSR count). The molecule has 0 N–H and O–H groups in total. The molecule has 19 heavy (non-hydrogen) atoms. The van der Waals surface area contributed by atoms with Crippen LogP contribution in [-0.4, -0.2) is 15.6 Å². The Balaban J connectivity index is 2.11. The van der Waals surface area contributed by atoms with Gasteiger partial charge in [-0.3, -0.25) is 9.48 Å². The van der Waals surface area contributed by atoms with Crippen molar-refractivity contribution in [2.45, 2.75) is 26.7 Å². The number of carbonyl (C=O) groups excluding carboxylic acids is 1. The number of hydrogen-bond acceptors (Lipinski definition) is 2. The first-order valence-electron chi connectivity index (χ1n) is 6.27. The van der Waals surface area contributed by atoms with Crippen molar-refractivity contribution in [3.63, 3.8) is 0 Å². The largest absolute Gasteiger partial charge is 0.294 e. The molecule has 1 aromatic heterocycles. The molecule has 0 radical (unpaired) electrons. The number of ketones is 1. The highest BCUT2D eigenvalue weighted by Crippen LogP contribution is 2.16. The number of nitrogens with zero attached hydrogens (tertiary/aromatic N) is 2. The van der Waals surface area contributed by atoms with Crippen LogP contribution in [0.3, 0.4) is 0 Å². The first kappa shape index (κ1) is 13.5. The molecule has 0 saturated heterocycles. The second-order valence-electron chi connectivity index (χ2n) is 4.68. The molecular formula is C15H17FN2O. The summed E-state index contributed by atoms with van der Waals surface area (Å²) in [5.74, 6) is -0.618. The average Bonchev–Trinajstić information content (AvgIpc) is 2.61. The molecule has 0 amide bonds. The van der Waals surface area contributed by atoms with E-state index in [9.17, 15) is 9.18 Å². The van der Waals surface area contributed by atoms with Gasteiger partial charge in [0.1, 0.15) is 5.82 Å². The average molecular weight is 260 g/mol. The van der Waals surface area contributed by atoms with Crippen LogP contribution in [0.15, 0.2) is 24.3 Å². The number of Topliss-reactive ketones (excluding diaryl/α,β-unsaturated/α-hetero) is 1. The minimum Gasteiger partial charge on any atom is -0.294 e. The summed E-state index contributed by atoms with van der Waals surface area (Å²) in [6, 6.07) is 6.10. The lowest BCUT2D eigenvalue weighted by Crippen LogP contribution is -2.05. The lowest BCUT2D eigenvalue weighted by molar-refractivity contribution is 0.0979. The fourth-order valence-corrected chi connectivity index (χ4v) is 2.24. The van der Waals surface area contributed by atoms with Crippen molar-refractivity contribution in [2.75, 3.05) is 0 Å². The second kappa shape index (κ2) is 5.34. The Labute approximate surface area is 112 Å². The Morgan fingerprint density at radius 1 is 1.32 bits per heavy atom. The van der Waals surface area contributed by atoms with Gasteiger partial charge in [0.25, 0.3) is 0 Å². The van der Waals surface area contributed by atoms with E-state index in [1.54, 1.807) is 16.8 Å². The van der Waals surface area contributed by atoms with Gasteiger partial charge in [-0.05, 0) is 38.0 Å². The third-order valence-electron chi connectivity index (χ3n) is 3.44. The summed E-state index contributed by atoms with van der Waals surface area (Å²) in [5.41, 5.74) is 3.23. The Kier molecular flexibility index (Phi) is 3.79. The third kappa shape index (κ3) is 2.72. The number of hydrogen-bond donors (Lipinski definition) is 0. The molecule has 0 aliphatic heterocycles. The van der Waals surface area contributed by atoms with Crippen LogP contribution in [0.2, 0.25) is 0 Å². The van der Waals surface area contributed by atoms with Crippen molar-refractivity contribution >= 4 is 5.78 Å². The van der Waals surface area contributed by atoms with Crippen LogP contribution in [0, 0.1) is 19.7 Å². The number of halogens is 1. The van der Waals surface area contributed by atoms with E-state index in [2.05, 4.69) is 5.10 Å². The number of aromatic nitrogens is 2. The van der Waals surface area contributed by atoms with Gasteiger partial charge in [0.2, 0.25) is 0 Å². The number of carbonyl (C=O) groups is 1. The molecule has 100 valence electrons. The molecule has 0 fully saturated rings. The molecule has 2 aromatic rings. The zero-order valence-corrected chi connectivity index (χ0v) is 11.4. The summed E-state index contributed by atoms with van der Waals surface area (Å²) in [4.78, 5) is 12.0. The smallest absolute Gasteiger partial charge is 0.166 e. The van der Waals surface area contributed by atoms with Crippen molar-refractivity contribution < 1.29 is 9.18 Å². The van der Waals surface area contributed by atoms with E-state index in [-0.39, 0.29) is 11.3 Å². The van der Waals surface area contributed by atoms with E-state index in [0.717, 1.165) is 17.0 Å². The number of aryl methyl sites for hydroxylation is 2. The van der Waals surface area contributed by atoms with Crippen molar-refractivity contribution in [1.82, 2.24) is 9.78 Å². The van der Waals surface area contributed by atoms with E-state index in [4.69, 9.17) is 0 Å². The van der Waals surface area contributed by atoms with Gasteiger partial charge >= 0.3 is 0 Å². The van der Waals surface area contributed by atoms with E-state index in [1.807, 2.05) is 20.9 Å². The summed E-state index contributed by atoms with van der Waals surface area (Å²) < 4.78 is 15.3. The molecule has 0 aliphatic carbocycles. The van der Waals surface area contributed by atoms with Crippen LogP contribution < -0.4 is 0 Å². The van der Waals surface area contributed by atoms with Gasteiger partial charge in [0, 0.05) is 19.2 Å². The molecule has 0 bridgehead atoms. The fourth-order valence-electron chi connectivity index (χ4n) is 2.24. The van der Waals surface area contributed by atoms with E-state index >= 15 is 0 Å². The van der Waals surface area contributed by atoms with Gasteiger partial charge in [-0.2, -0.15) is 5.10 Å². The Bertz CT molecular complexity index is 617. The normalized spacial score (nSPS) is 10.7. The van der Waals surface area contributed by atoms with Crippen LogP contribution in [0.5, 0.6) is 0 Å². The van der Waals surface area contributed by atoms with Gasteiger partial charge in [0.15, 0.2) is 5.78 Å². The fraction of sp³-hybridized carbons (Fsp3) is 0.333. The summed E-state index contributed by atoms with van der Waals surface area (Å²) in [6.07, 6.45) is 0.896. The lowest BCUT2D eigenvalue weighted by atomic mass is 10.0. The van der Waals surface area contributed by atoms with Crippen molar-refractivity contribution in [3.05, 3.63) is 52.6 Å². The Morgan fingerprint density at radius 3 is 2.58 bits per heavy atom. The minimum absolute atomic E-state index is 0.166. The molecule has 0 spiro atoms. The van der Waals surface area contributed by atoms with Crippen LogP contribution in [0.25, 0.3) is 0 Å². The minimum atomic E-state index is -0.452. The van der Waals surface area contributed by atoms with E-state index in [1.165, 1.54) is 12.1 Å². The highest BCUT2D eigenvalue weighted by atomic mass is 19.1. The highest BCUT2D eigenvalue weighted by molar-refractivity contribution is 5.96. The van der Waals surface area contributed by atoms with Crippen LogP contribution in [0.4, 0.5) is 4.39 Å². The topological polar surface area (TPSA) is 34.9 Å². The number of benzene rings is 1. The van der Waals surface area contributed by atoms with Gasteiger partial charge in [-0.1, -0.05) is 12.1 Å². The van der Waals surface area contributed by atoms with Crippen LogP contribution in [-0.2, 0) is 13.5 Å². The van der Waals surface area contributed by atoms with E-state index < -0.39 is 5.82 Å². The predicted molar refractivity (Wildman–Crippen MR) is 71.7 cm³/mol. The van der Waals surface area contributed by atoms with Crippen molar-refractivity contribution in [1.29, 1.82) is 0 Å². The molecule has 1 heterocycles. The Hall–Kier alpha value is -1.97. The van der Waals surface area contributed by atoms with Gasteiger partial charge in [-0.25, -0.2) is 4.39 Å². The predicted octanol–water partition coefficient (Wildman–Crippen LogP) is 2.99. The monoisotopic (exact) mass is 260 g/mol. The van der Waals surface area contributed by atoms with Crippen LogP contribution in [0.1, 0.15) is 33.7 Å². The molecule has 4 heteroatoms. The van der Waals surface area contributed by atoms with Gasteiger partial charge < -0.3 is 0 Å². The van der Waals surface area contributed by atoms with Crippen molar-refractivity contribution in [3.8, 4) is 0 Å². The molecular weight excluding hydrogens is 243 g/mol. The molecule has 0 saturated carbocycles. The molecule has 0 aliphatic rings. The summed E-state index contributed by atoms with van der Waals surface area (Å²) in [6.45, 7) is 3.90. The molecule has 3 nitrogen and oxygen atoms in total. The highest BCUT2D eigenvalue weighted by Gasteiger charge is 2.14. The quantitative estimate of drug-likeness (QED) is 0.792. The lowest BCUT2D eigenvalue weighted by Gasteiger charge is -2.03. The van der Waals surface area contributed by atoms with E-state index in [0.29, 0.717) is 12.8 Å². The third-order valence-corrected chi connectivity index (χ3v) is 3.44. The first-order chi connectivity index (χ1) is 9.00. The zero-order valence-electron chi connectivity index (χ0n) is 11.4. The Morgan fingerprint density at radius 2 is 2.00 bits per heavy atom. The second-order valence-corrected chi connectivity index (χ2v) is 4.68.